The predicted molar refractivity (Wildman–Crippen MR) is 107 cm³/mol. The van der Waals surface area contributed by atoms with Gasteiger partial charge in [0.25, 0.3) is 0 Å². The molecule has 0 saturated heterocycles. The fourth-order valence-corrected chi connectivity index (χ4v) is 3.01. The second-order valence-electron chi connectivity index (χ2n) is 6.21. The number of fused-ring (bicyclic) bond motifs is 1. The molecular weight excluding hydrogens is 380 g/mol. The first kappa shape index (κ1) is 17.9. The van der Waals surface area contributed by atoms with Crippen molar-refractivity contribution in [3.05, 3.63) is 87.5 Å². The maximum atomic E-state index is 12.5. The Bertz CT molecular complexity index is 1200. The third-order valence-electron chi connectivity index (χ3n) is 4.28. The summed E-state index contributed by atoms with van der Waals surface area (Å²) in [6, 6.07) is 18.8. The van der Waals surface area contributed by atoms with Gasteiger partial charge in [-0.1, -0.05) is 54.1 Å². The molecule has 140 valence electrons. The highest BCUT2D eigenvalue weighted by atomic mass is 35.5. The maximum Gasteiger partial charge on any atom is 0.238 e. The Balaban J connectivity index is 1.75. The van der Waals surface area contributed by atoms with Crippen molar-refractivity contribution >= 4 is 22.6 Å². The molecular formula is C22H15ClO5. The third kappa shape index (κ3) is 3.40. The zero-order valence-electron chi connectivity index (χ0n) is 14.6. The molecule has 4 aromatic rings. The van der Waals surface area contributed by atoms with Gasteiger partial charge < -0.3 is 19.4 Å². The number of hydrogen-bond acceptors (Lipinski definition) is 5. The summed E-state index contributed by atoms with van der Waals surface area (Å²) in [5.41, 5.74) is 0.849. The summed E-state index contributed by atoms with van der Waals surface area (Å²) in [7, 11) is 0. The summed E-state index contributed by atoms with van der Waals surface area (Å²) >= 11 is 5.87. The molecule has 3 aromatic carbocycles. The van der Waals surface area contributed by atoms with Crippen molar-refractivity contribution in [2.24, 2.45) is 0 Å². The first-order valence-electron chi connectivity index (χ1n) is 8.48. The summed E-state index contributed by atoms with van der Waals surface area (Å²) in [6.45, 7) is 0.246. The molecule has 0 unspecified atom stereocenters. The molecule has 0 fully saturated rings. The van der Waals surface area contributed by atoms with Gasteiger partial charge in [-0.15, -0.1) is 0 Å². The summed E-state index contributed by atoms with van der Waals surface area (Å²) in [6.07, 6.45) is 0. The van der Waals surface area contributed by atoms with E-state index in [1.165, 1.54) is 12.1 Å². The monoisotopic (exact) mass is 394 g/mol. The molecule has 6 heteroatoms. The fourth-order valence-electron chi connectivity index (χ4n) is 2.88. The molecule has 0 saturated carbocycles. The molecule has 0 bridgehead atoms. The standard InChI is InChI=1S/C22H15ClO5/c23-15-8-6-13(7-9-15)12-27-16-10-17(24)19-18(11-16)28-22(21(26)20(19)25)14-4-2-1-3-5-14/h1-11,24,26H,12H2. The number of halogens is 1. The molecule has 0 spiro atoms. The van der Waals surface area contributed by atoms with Gasteiger partial charge in [0, 0.05) is 22.7 Å². The lowest BCUT2D eigenvalue weighted by Crippen LogP contribution is -2.03. The van der Waals surface area contributed by atoms with Crippen molar-refractivity contribution < 1.29 is 19.4 Å². The van der Waals surface area contributed by atoms with Crippen LogP contribution in [0, 0.1) is 0 Å². The normalized spacial score (nSPS) is 10.9. The van der Waals surface area contributed by atoms with Crippen molar-refractivity contribution in [1.29, 1.82) is 0 Å². The van der Waals surface area contributed by atoms with Gasteiger partial charge in [-0.2, -0.15) is 0 Å². The molecule has 4 rings (SSSR count). The molecule has 5 nitrogen and oxygen atoms in total. The molecule has 0 atom stereocenters. The largest absolute Gasteiger partial charge is 0.507 e. The van der Waals surface area contributed by atoms with Crippen molar-refractivity contribution in [3.63, 3.8) is 0 Å². The molecule has 28 heavy (non-hydrogen) atoms. The van der Waals surface area contributed by atoms with Gasteiger partial charge in [0.05, 0.1) is 0 Å². The zero-order chi connectivity index (χ0) is 19.7. The SMILES string of the molecule is O=c1c(O)c(-c2ccccc2)oc2cc(OCc3ccc(Cl)cc3)cc(O)c12. The van der Waals surface area contributed by atoms with Crippen LogP contribution in [-0.4, -0.2) is 10.2 Å². The highest BCUT2D eigenvalue weighted by molar-refractivity contribution is 6.30. The Morgan fingerprint density at radius 3 is 2.39 bits per heavy atom. The summed E-state index contributed by atoms with van der Waals surface area (Å²) in [5.74, 6) is -0.517. The number of ether oxygens (including phenoxy) is 1. The minimum absolute atomic E-state index is 0.0346. The van der Waals surface area contributed by atoms with Crippen LogP contribution in [-0.2, 0) is 6.61 Å². The van der Waals surface area contributed by atoms with Gasteiger partial charge >= 0.3 is 0 Å². The number of phenols is 1. The van der Waals surface area contributed by atoms with E-state index in [-0.39, 0.29) is 29.1 Å². The lowest BCUT2D eigenvalue weighted by Gasteiger charge is -2.10. The smallest absolute Gasteiger partial charge is 0.238 e. The van der Waals surface area contributed by atoms with Crippen molar-refractivity contribution in [2.45, 2.75) is 6.61 Å². The number of hydrogen-bond donors (Lipinski definition) is 2. The van der Waals surface area contributed by atoms with E-state index in [0.29, 0.717) is 16.3 Å². The van der Waals surface area contributed by atoms with Gasteiger partial charge in [0.2, 0.25) is 11.2 Å². The second-order valence-corrected chi connectivity index (χ2v) is 6.64. The van der Waals surface area contributed by atoms with Gasteiger partial charge in [0.15, 0.2) is 5.76 Å². The van der Waals surface area contributed by atoms with Gasteiger partial charge in [-0.3, -0.25) is 4.79 Å². The maximum absolute atomic E-state index is 12.5. The van der Waals surface area contributed by atoms with E-state index in [2.05, 4.69) is 0 Å². The molecule has 0 amide bonds. The lowest BCUT2D eigenvalue weighted by molar-refractivity contribution is 0.304. The Morgan fingerprint density at radius 2 is 1.68 bits per heavy atom. The van der Waals surface area contributed by atoms with Gasteiger partial charge in [-0.25, -0.2) is 0 Å². The average Bonchev–Trinajstić information content (AvgIpc) is 2.70. The molecule has 1 heterocycles. The average molecular weight is 395 g/mol. The van der Waals surface area contributed by atoms with Crippen molar-refractivity contribution in [1.82, 2.24) is 0 Å². The first-order valence-corrected chi connectivity index (χ1v) is 8.86. The number of benzene rings is 3. The van der Waals surface area contributed by atoms with E-state index in [4.69, 9.17) is 20.8 Å². The molecule has 0 aliphatic rings. The van der Waals surface area contributed by atoms with E-state index in [1.807, 2.05) is 18.2 Å². The van der Waals surface area contributed by atoms with Crippen molar-refractivity contribution in [3.8, 4) is 28.6 Å². The summed E-state index contributed by atoms with van der Waals surface area (Å²) < 4.78 is 11.5. The van der Waals surface area contributed by atoms with Crippen LogP contribution in [0.25, 0.3) is 22.3 Å². The second kappa shape index (κ2) is 7.29. The van der Waals surface area contributed by atoms with E-state index in [0.717, 1.165) is 5.56 Å². The van der Waals surface area contributed by atoms with Crippen LogP contribution >= 0.6 is 11.6 Å². The Labute approximate surface area is 165 Å². The molecule has 0 aliphatic carbocycles. The van der Waals surface area contributed by atoms with E-state index in [9.17, 15) is 15.0 Å². The van der Waals surface area contributed by atoms with Crippen LogP contribution < -0.4 is 10.2 Å². The van der Waals surface area contributed by atoms with E-state index >= 15 is 0 Å². The van der Waals surface area contributed by atoms with Crippen LogP contribution in [0.5, 0.6) is 17.2 Å². The Morgan fingerprint density at radius 1 is 0.964 bits per heavy atom. The van der Waals surface area contributed by atoms with Crippen LogP contribution in [0.1, 0.15) is 5.56 Å². The van der Waals surface area contributed by atoms with E-state index in [1.54, 1.807) is 36.4 Å². The quantitative estimate of drug-likeness (QED) is 0.503. The van der Waals surface area contributed by atoms with E-state index < -0.39 is 11.2 Å². The summed E-state index contributed by atoms with van der Waals surface area (Å²) in [5, 5.41) is 21.1. The third-order valence-corrected chi connectivity index (χ3v) is 4.53. The van der Waals surface area contributed by atoms with Crippen LogP contribution in [0.2, 0.25) is 5.02 Å². The number of rotatable bonds is 4. The van der Waals surface area contributed by atoms with Crippen LogP contribution in [0.15, 0.2) is 75.9 Å². The molecule has 0 radical (unpaired) electrons. The molecule has 0 aliphatic heterocycles. The van der Waals surface area contributed by atoms with Crippen LogP contribution in [0.3, 0.4) is 0 Å². The van der Waals surface area contributed by atoms with Crippen LogP contribution in [0.4, 0.5) is 0 Å². The first-order chi connectivity index (χ1) is 13.5. The minimum atomic E-state index is -0.707. The molecule has 1 aromatic heterocycles. The highest BCUT2D eigenvalue weighted by Gasteiger charge is 2.18. The Hall–Kier alpha value is -3.44. The zero-order valence-corrected chi connectivity index (χ0v) is 15.3. The predicted octanol–water partition coefficient (Wildman–Crippen LogP) is 5.10. The molecule has 2 N–H and O–H groups in total. The Kier molecular flexibility index (Phi) is 4.67. The van der Waals surface area contributed by atoms with Crippen molar-refractivity contribution in [2.75, 3.05) is 0 Å². The number of phenolic OH excluding ortho intramolecular Hbond substituents is 1. The topological polar surface area (TPSA) is 79.9 Å². The minimum Gasteiger partial charge on any atom is -0.507 e. The van der Waals surface area contributed by atoms with Gasteiger partial charge in [-0.05, 0) is 17.7 Å². The summed E-state index contributed by atoms with van der Waals surface area (Å²) in [4.78, 5) is 12.5. The lowest BCUT2D eigenvalue weighted by atomic mass is 10.1. The fraction of sp³-hybridized carbons (Fsp3) is 0.0455. The number of aromatic hydroxyl groups is 2. The highest BCUT2D eigenvalue weighted by Crippen LogP contribution is 2.35. The van der Waals surface area contributed by atoms with Gasteiger partial charge in [0.1, 0.15) is 29.1 Å².